The van der Waals surface area contributed by atoms with Gasteiger partial charge >= 0.3 is 5.97 Å². The molecule has 30 heavy (non-hydrogen) atoms. The summed E-state index contributed by atoms with van der Waals surface area (Å²) in [6, 6.07) is 2.76. The van der Waals surface area contributed by atoms with Crippen LogP contribution in [0.4, 0.5) is 14.5 Å². The van der Waals surface area contributed by atoms with Crippen LogP contribution >= 0.6 is 0 Å². The summed E-state index contributed by atoms with van der Waals surface area (Å²) in [5.41, 5.74) is 0.605. The lowest BCUT2D eigenvalue weighted by Crippen LogP contribution is -2.56. The molecule has 1 atom stereocenters. The fourth-order valence-electron chi connectivity index (χ4n) is 3.06. The van der Waals surface area contributed by atoms with Crippen LogP contribution in [0, 0.1) is 5.92 Å². The topological polar surface area (TPSA) is 80.8 Å². The van der Waals surface area contributed by atoms with E-state index in [1.807, 2.05) is 13.8 Å². The first kappa shape index (κ1) is 22.2. The lowest BCUT2D eigenvalue weighted by Gasteiger charge is -2.40. The van der Waals surface area contributed by atoms with Gasteiger partial charge in [-0.15, -0.1) is 0 Å². The maximum atomic E-state index is 13.3. The molecule has 166 valence electrons. The van der Waals surface area contributed by atoms with E-state index in [0.717, 1.165) is 12.8 Å². The standard InChI is InChI=1S/C21H29F2N3O4/c1-3-5-18(27)29-11-15(4-2)24-19(28)16-8-9-17(26-12-21(22,23)13-26)20(25-16)30-10-14-6-7-14/h8-9,14-15H,3-7,10-13H2,1-2H3,(H,24,28). The molecular weight excluding hydrogens is 396 g/mol. The van der Waals surface area contributed by atoms with Gasteiger partial charge in [0.05, 0.1) is 25.7 Å². The van der Waals surface area contributed by atoms with E-state index in [1.165, 1.54) is 11.0 Å². The van der Waals surface area contributed by atoms with E-state index >= 15 is 0 Å². The largest absolute Gasteiger partial charge is 0.476 e. The third-order valence-corrected chi connectivity index (χ3v) is 5.14. The first-order chi connectivity index (χ1) is 14.3. The average Bonchev–Trinajstić information content (AvgIpc) is 3.52. The Bertz CT molecular complexity index is 763. The number of ether oxygens (including phenoxy) is 2. The quantitative estimate of drug-likeness (QED) is 0.549. The predicted octanol–water partition coefficient (Wildman–Crippen LogP) is 3.18. The molecule has 1 unspecified atom stereocenters. The Morgan fingerprint density at radius 3 is 2.63 bits per heavy atom. The number of esters is 1. The van der Waals surface area contributed by atoms with Crippen molar-refractivity contribution in [2.24, 2.45) is 5.92 Å². The number of nitrogens with one attached hydrogen (secondary N) is 1. The minimum absolute atomic E-state index is 0.0903. The third kappa shape index (κ3) is 6.03. The first-order valence-electron chi connectivity index (χ1n) is 10.5. The molecule has 3 rings (SSSR count). The van der Waals surface area contributed by atoms with Gasteiger partial charge < -0.3 is 19.7 Å². The maximum Gasteiger partial charge on any atom is 0.305 e. The number of aromatic nitrogens is 1. The number of rotatable bonds is 11. The van der Waals surface area contributed by atoms with Gasteiger partial charge in [-0.25, -0.2) is 13.8 Å². The highest BCUT2D eigenvalue weighted by Gasteiger charge is 2.45. The molecule has 0 spiro atoms. The van der Waals surface area contributed by atoms with Gasteiger partial charge in [-0.1, -0.05) is 13.8 Å². The highest BCUT2D eigenvalue weighted by atomic mass is 19.3. The van der Waals surface area contributed by atoms with Gasteiger partial charge in [0.2, 0.25) is 5.88 Å². The number of halogens is 2. The van der Waals surface area contributed by atoms with Gasteiger partial charge in [0.15, 0.2) is 0 Å². The van der Waals surface area contributed by atoms with E-state index in [-0.39, 0.29) is 43.3 Å². The van der Waals surface area contributed by atoms with Gasteiger partial charge in [-0.3, -0.25) is 9.59 Å². The van der Waals surface area contributed by atoms with Crippen molar-refractivity contribution in [2.45, 2.75) is 57.9 Å². The van der Waals surface area contributed by atoms with Crippen LogP contribution in [0.15, 0.2) is 12.1 Å². The number of amides is 1. The van der Waals surface area contributed by atoms with Crippen LogP contribution in [0.5, 0.6) is 5.88 Å². The summed E-state index contributed by atoms with van der Waals surface area (Å²) in [6.07, 6.45) is 3.77. The van der Waals surface area contributed by atoms with Gasteiger partial charge in [0.25, 0.3) is 11.8 Å². The number of hydrogen-bond donors (Lipinski definition) is 1. The van der Waals surface area contributed by atoms with Crippen LogP contribution in [0.2, 0.25) is 0 Å². The summed E-state index contributed by atoms with van der Waals surface area (Å²) < 4.78 is 37.5. The summed E-state index contributed by atoms with van der Waals surface area (Å²) in [6.45, 7) is 3.54. The molecule has 9 heteroatoms. The number of alkyl halides is 2. The second-order valence-electron chi connectivity index (χ2n) is 8.00. The normalized spacial score (nSPS) is 18.3. The van der Waals surface area contributed by atoms with Crippen LogP contribution in [0.1, 0.15) is 56.4 Å². The zero-order chi connectivity index (χ0) is 21.7. The zero-order valence-electron chi connectivity index (χ0n) is 17.5. The van der Waals surface area contributed by atoms with Crippen molar-refractivity contribution in [1.82, 2.24) is 10.3 Å². The van der Waals surface area contributed by atoms with Crippen molar-refractivity contribution in [3.8, 4) is 5.88 Å². The number of hydrogen-bond acceptors (Lipinski definition) is 6. The molecule has 1 saturated heterocycles. The molecule has 0 radical (unpaired) electrons. The molecule has 1 N–H and O–H groups in total. The Morgan fingerprint density at radius 2 is 2.03 bits per heavy atom. The second-order valence-corrected chi connectivity index (χ2v) is 8.00. The van der Waals surface area contributed by atoms with Crippen LogP contribution < -0.4 is 15.0 Å². The molecule has 1 aliphatic carbocycles. The number of anilines is 1. The Balaban J connectivity index is 1.65. The van der Waals surface area contributed by atoms with Crippen LogP contribution in [0.25, 0.3) is 0 Å². The molecule has 7 nitrogen and oxygen atoms in total. The molecule has 2 fully saturated rings. The molecule has 1 amide bonds. The summed E-state index contributed by atoms with van der Waals surface area (Å²) in [5.74, 6) is -2.78. The molecule has 1 aromatic heterocycles. The predicted molar refractivity (Wildman–Crippen MR) is 107 cm³/mol. The van der Waals surface area contributed by atoms with Crippen molar-refractivity contribution in [2.75, 3.05) is 31.2 Å². The van der Waals surface area contributed by atoms with Crippen LogP contribution in [-0.4, -0.2) is 55.1 Å². The molecule has 2 aliphatic rings. The molecule has 2 heterocycles. The lowest BCUT2D eigenvalue weighted by molar-refractivity contribution is -0.144. The molecule has 1 aliphatic heterocycles. The minimum atomic E-state index is -2.71. The van der Waals surface area contributed by atoms with E-state index in [4.69, 9.17) is 9.47 Å². The average molecular weight is 425 g/mol. The SMILES string of the molecule is CCCC(=O)OCC(CC)NC(=O)c1ccc(N2CC(F)(F)C2)c(OCC2CC2)n1. The fraction of sp³-hybridized carbons (Fsp3) is 0.667. The Hall–Kier alpha value is -2.45. The highest BCUT2D eigenvalue weighted by Crippen LogP contribution is 2.37. The molecule has 1 aromatic rings. The molecule has 0 aromatic carbocycles. The maximum absolute atomic E-state index is 13.3. The number of nitrogens with zero attached hydrogens (tertiary/aromatic N) is 2. The van der Waals surface area contributed by atoms with Crippen LogP contribution in [0.3, 0.4) is 0 Å². The van der Waals surface area contributed by atoms with Gasteiger partial charge in [-0.05, 0) is 43.7 Å². The van der Waals surface area contributed by atoms with E-state index < -0.39 is 11.8 Å². The minimum Gasteiger partial charge on any atom is -0.476 e. The van der Waals surface area contributed by atoms with E-state index in [2.05, 4.69) is 10.3 Å². The molecule has 1 saturated carbocycles. The first-order valence-corrected chi connectivity index (χ1v) is 10.5. The smallest absolute Gasteiger partial charge is 0.305 e. The van der Waals surface area contributed by atoms with Gasteiger partial charge in [-0.2, -0.15) is 0 Å². The number of carbonyl (C=O) groups is 2. The number of carbonyl (C=O) groups excluding carboxylic acids is 2. The lowest BCUT2D eigenvalue weighted by atomic mass is 10.1. The summed E-state index contributed by atoms with van der Waals surface area (Å²) in [5, 5.41) is 2.81. The van der Waals surface area contributed by atoms with Crippen molar-refractivity contribution >= 4 is 17.6 Å². The van der Waals surface area contributed by atoms with Gasteiger partial charge in [0, 0.05) is 6.42 Å². The van der Waals surface area contributed by atoms with Crippen molar-refractivity contribution in [1.29, 1.82) is 0 Å². The third-order valence-electron chi connectivity index (χ3n) is 5.14. The fourth-order valence-corrected chi connectivity index (χ4v) is 3.06. The highest BCUT2D eigenvalue weighted by molar-refractivity contribution is 5.93. The van der Waals surface area contributed by atoms with Crippen molar-refractivity contribution < 1.29 is 27.8 Å². The van der Waals surface area contributed by atoms with Crippen molar-refractivity contribution in [3.05, 3.63) is 17.8 Å². The summed E-state index contributed by atoms with van der Waals surface area (Å²) in [4.78, 5) is 30.0. The monoisotopic (exact) mass is 425 g/mol. The van der Waals surface area contributed by atoms with Gasteiger partial charge in [0.1, 0.15) is 18.0 Å². The molecule has 0 bridgehead atoms. The Kier molecular flexibility index (Phi) is 7.10. The summed E-state index contributed by atoms with van der Waals surface area (Å²) in [7, 11) is 0. The van der Waals surface area contributed by atoms with E-state index in [0.29, 0.717) is 37.5 Å². The molecular formula is C21H29F2N3O4. The number of pyridine rings is 1. The van der Waals surface area contributed by atoms with E-state index in [9.17, 15) is 18.4 Å². The second kappa shape index (κ2) is 9.57. The van der Waals surface area contributed by atoms with Crippen LogP contribution in [-0.2, 0) is 9.53 Å². The Labute approximate surface area is 175 Å². The Morgan fingerprint density at radius 1 is 1.30 bits per heavy atom. The van der Waals surface area contributed by atoms with Crippen molar-refractivity contribution in [3.63, 3.8) is 0 Å². The summed E-state index contributed by atoms with van der Waals surface area (Å²) >= 11 is 0. The zero-order valence-corrected chi connectivity index (χ0v) is 17.5. The van der Waals surface area contributed by atoms with E-state index in [1.54, 1.807) is 6.07 Å².